The maximum atomic E-state index is 13.3. The van der Waals surface area contributed by atoms with Crippen LogP contribution in [0.25, 0.3) is 11.3 Å². The predicted molar refractivity (Wildman–Crippen MR) is 111 cm³/mol. The average Bonchev–Trinajstić information content (AvgIpc) is 3.11. The first-order valence-electron chi connectivity index (χ1n) is 9.86. The Labute approximate surface area is 178 Å². The van der Waals surface area contributed by atoms with Crippen LogP contribution in [-0.4, -0.2) is 67.9 Å². The first-order valence-corrected chi connectivity index (χ1v) is 9.86. The Morgan fingerprint density at radius 3 is 2.48 bits per heavy atom. The second-order valence-electron chi connectivity index (χ2n) is 7.56. The molecule has 1 aliphatic rings. The van der Waals surface area contributed by atoms with Crippen LogP contribution in [0, 0.1) is 5.82 Å². The number of likely N-dealkylation sites (tertiary alicyclic amines) is 1. The van der Waals surface area contributed by atoms with Crippen LogP contribution in [0.3, 0.4) is 0 Å². The summed E-state index contributed by atoms with van der Waals surface area (Å²) in [6, 6.07) is 11.7. The Morgan fingerprint density at radius 1 is 1.16 bits per heavy atom. The molecule has 9 heteroatoms. The first-order chi connectivity index (χ1) is 14.9. The fourth-order valence-electron chi connectivity index (χ4n) is 3.50. The highest BCUT2D eigenvalue weighted by Gasteiger charge is 2.35. The summed E-state index contributed by atoms with van der Waals surface area (Å²) < 4.78 is 14.9. The maximum absolute atomic E-state index is 13.3. The van der Waals surface area contributed by atoms with E-state index < -0.39 is 6.09 Å². The molecule has 0 radical (unpaired) electrons. The fourth-order valence-corrected chi connectivity index (χ4v) is 3.50. The molecular weight excluding hydrogens is 401 g/mol. The number of carboxylic acid groups (broad SMARTS) is 1. The Bertz CT molecular complexity index is 1080. The molecule has 1 saturated heterocycles. The molecular formula is C22H22FN5O3. The van der Waals surface area contributed by atoms with Gasteiger partial charge in [-0.15, -0.1) is 0 Å². The summed E-state index contributed by atoms with van der Waals surface area (Å²) >= 11 is 0. The largest absolute Gasteiger partial charge is 0.465 e. The van der Waals surface area contributed by atoms with Crippen molar-refractivity contribution >= 4 is 12.0 Å². The Balaban J connectivity index is 1.52. The van der Waals surface area contributed by atoms with Gasteiger partial charge in [0.2, 0.25) is 5.91 Å². The Hall–Kier alpha value is -3.75. The number of carbonyl (C=O) groups excluding carboxylic acids is 1. The smallest absolute Gasteiger partial charge is 0.407 e. The molecule has 3 aromatic rings. The lowest BCUT2D eigenvalue weighted by atomic mass is 10.1. The summed E-state index contributed by atoms with van der Waals surface area (Å²) in [7, 11) is 1.50. The van der Waals surface area contributed by atoms with Gasteiger partial charge in [0.05, 0.1) is 11.7 Å². The van der Waals surface area contributed by atoms with E-state index in [1.165, 1.54) is 24.1 Å². The standard InChI is InChI=1S/C22H22FN5O3/c1-26(22(30)31)19-12-27(13-19)21(29)14-28-18(10-15-2-4-17(23)5-3-15)11-20(25-28)16-6-8-24-9-7-16/h2-9,11,19H,10,12-14H2,1H3,(H,30,31). The van der Waals surface area contributed by atoms with Crippen molar-refractivity contribution in [3.63, 3.8) is 0 Å². The van der Waals surface area contributed by atoms with E-state index in [1.54, 1.807) is 34.1 Å². The summed E-state index contributed by atoms with van der Waals surface area (Å²) in [5.41, 5.74) is 3.34. The van der Waals surface area contributed by atoms with Gasteiger partial charge in [-0.1, -0.05) is 12.1 Å². The summed E-state index contributed by atoms with van der Waals surface area (Å²) in [6.45, 7) is 0.784. The van der Waals surface area contributed by atoms with Crippen molar-refractivity contribution < 1.29 is 19.1 Å². The SMILES string of the molecule is CN(C(=O)O)C1CN(C(=O)Cn2nc(-c3ccncc3)cc2Cc2ccc(F)cc2)C1. The minimum absolute atomic E-state index is 0.0467. The molecule has 1 fully saturated rings. The number of hydrogen-bond donors (Lipinski definition) is 1. The van der Waals surface area contributed by atoms with Gasteiger partial charge in [-0.3, -0.25) is 14.5 Å². The van der Waals surface area contributed by atoms with Gasteiger partial charge in [0.1, 0.15) is 12.4 Å². The Morgan fingerprint density at radius 2 is 1.84 bits per heavy atom. The lowest BCUT2D eigenvalue weighted by Gasteiger charge is -2.42. The van der Waals surface area contributed by atoms with Gasteiger partial charge in [0, 0.05) is 50.2 Å². The lowest BCUT2D eigenvalue weighted by Crippen LogP contribution is -2.61. The summed E-state index contributed by atoms with van der Waals surface area (Å²) in [5.74, 6) is -0.427. The molecule has 0 unspecified atom stereocenters. The quantitative estimate of drug-likeness (QED) is 0.658. The summed E-state index contributed by atoms with van der Waals surface area (Å²) in [6.07, 6.45) is 2.85. The molecule has 31 heavy (non-hydrogen) atoms. The molecule has 3 heterocycles. The molecule has 160 valence electrons. The number of aromatic nitrogens is 3. The number of pyridine rings is 1. The van der Waals surface area contributed by atoms with E-state index in [2.05, 4.69) is 10.1 Å². The van der Waals surface area contributed by atoms with E-state index in [1.807, 2.05) is 18.2 Å². The van der Waals surface area contributed by atoms with Gasteiger partial charge < -0.3 is 14.9 Å². The van der Waals surface area contributed by atoms with Crippen molar-refractivity contribution in [2.75, 3.05) is 20.1 Å². The van der Waals surface area contributed by atoms with Crippen molar-refractivity contribution in [1.82, 2.24) is 24.6 Å². The van der Waals surface area contributed by atoms with Crippen molar-refractivity contribution in [2.45, 2.75) is 19.0 Å². The predicted octanol–water partition coefficient (Wildman–Crippen LogP) is 2.50. The molecule has 8 nitrogen and oxygen atoms in total. The topological polar surface area (TPSA) is 91.6 Å². The van der Waals surface area contributed by atoms with Crippen LogP contribution in [0.1, 0.15) is 11.3 Å². The molecule has 0 aliphatic carbocycles. The second kappa shape index (κ2) is 8.55. The third kappa shape index (κ3) is 4.55. The van der Waals surface area contributed by atoms with Crippen molar-refractivity contribution in [3.05, 3.63) is 71.9 Å². The molecule has 0 spiro atoms. The van der Waals surface area contributed by atoms with Crippen LogP contribution in [-0.2, 0) is 17.8 Å². The van der Waals surface area contributed by atoms with E-state index in [0.717, 1.165) is 22.5 Å². The van der Waals surface area contributed by atoms with Gasteiger partial charge in [-0.05, 0) is 35.9 Å². The number of amides is 2. The molecule has 0 atom stereocenters. The van der Waals surface area contributed by atoms with Gasteiger partial charge in [0.25, 0.3) is 0 Å². The van der Waals surface area contributed by atoms with Crippen LogP contribution in [0.15, 0.2) is 54.9 Å². The van der Waals surface area contributed by atoms with Crippen molar-refractivity contribution in [2.24, 2.45) is 0 Å². The third-order valence-electron chi connectivity index (χ3n) is 5.49. The molecule has 4 rings (SSSR count). The highest BCUT2D eigenvalue weighted by Crippen LogP contribution is 2.22. The Kier molecular flexibility index (Phi) is 5.66. The monoisotopic (exact) mass is 423 g/mol. The molecule has 0 bridgehead atoms. The second-order valence-corrected chi connectivity index (χ2v) is 7.56. The highest BCUT2D eigenvalue weighted by molar-refractivity contribution is 5.77. The maximum Gasteiger partial charge on any atom is 0.407 e. The molecule has 1 aliphatic heterocycles. The van der Waals surface area contributed by atoms with Crippen LogP contribution in [0.2, 0.25) is 0 Å². The normalized spacial score (nSPS) is 13.7. The molecule has 2 amide bonds. The minimum Gasteiger partial charge on any atom is -0.465 e. The number of benzene rings is 1. The third-order valence-corrected chi connectivity index (χ3v) is 5.49. The van der Waals surface area contributed by atoms with E-state index in [0.29, 0.717) is 19.5 Å². The number of nitrogens with zero attached hydrogens (tertiary/aromatic N) is 5. The highest BCUT2D eigenvalue weighted by atomic mass is 19.1. The molecule has 1 N–H and O–H groups in total. The fraction of sp³-hybridized carbons (Fsp3) is 0.273. The number of carbonyl (C=O) groups is 2. The molecule has 2 aromatic heterocycles. The zero-order chi connectivity index (χ0) is 22.0. The minimum atomic E-state index is -1.01. The van der Waals surface area contributed by atoms with Gasteiger partial charge >= 0.3 is 6.09 Å². The molecule has 0 saturated carbocycles. The van der Waals surface area contributed by atoms with Crippen LogP contribution >= 0.6 is 0 Å². The van der Waals surface area contributed by atoms with Gasteiger partial charge in [-0.25, -0.2) is 9.18 Å². The van der Waals surface area contributed by atoms with Gasteiger partial charge in [0.15, 0.2) is 0 Å². The number of hydrogen-bond acceptors (Lipinski definition) is 4. The van der Waals surface area contributed by atoms with E-state index in [4.69, 9.17) is 5.11 Å². The van der Waals surface area contributed by atoms with E-state index in [9.17, 15) is 14.0 Å². The summed E-state index contributed by atoms with van der Waals surface area (Å²) in [5, 5.41) is 13.7. The van der Waals surface area contributed by atoms with E-state index >= 15 is 0 Å². The summed E-state index contributed by atoms with van der Waals surface area (Å²) in [4.78, 5) is 30.7. The van der Waals surface area contributed by atoms with E-state index in [-0.39, 0.29) is 24.3 Å². The van der Waals surface area contributed by atoms with Crippen molar-refractivity contribution in [1.29, 1.82) is 0 Å². The number of halogens is 1. The van der Waals surface area contributed by atoms with Crippen LogP contribution in [0.4, 0.5) is 9.18 Å². The van der Waals surface area contributed by atoms with Crippen LogP contribution in [0.5, 0.6) is 0 Å². The number of rotatable bonds is 6. The number of likely N-dealkylation sites (N-methyl/N-ethyl adjacent to an activating group) is 1. The van der Waals surface area contributed by atoms with Gasteiger partial charge in [-0.2, -0.15) is 5.10 Å². The van der Waals surface area contributed by atoms with Crippen LogP contribution < -0.4 is 0 Å². The zero-order valence-electron chi connectivity index (χ0n) is 17.0. The first kappa shape index (κ1) is 20.5. The molecule has 1 aromatic carbocycles. The van der Waals surface area contributed by atoms with Crippen molar-refractivity contribution in [3.8, 4) is 11.3 Å². The average molecular weight is 423 g/mol. The zero-order valence-corrected chi connectivity index (χ0v) is 17.0. The lowest BCUT2D eigenvalue weighted by molar-refractivity contribution is -0.138.